The van der Waals surface area contributed by atoms with E-state index in [1.54, 1.807) is 44.2 Å². The molecule has 0 N–H and O–H groups in total. The third kappa shape index (κ3) is 4.90. The summed E-state index contributed by atoms with van der Waals surface area (Å²) in [6.45, 7) is 4.57. The molecule has 4 aromatic rings. The molecule has 0 saturated carbocycles. The first-order chi connectivity index (χ1) is 16.1. The Labute approximate surface area is 192 Å². The zero-order valence-electron chi connectivity index (χ0n) is 18.6. The highest BCUT2D eigenvalue weighted by Crippen LogP contribution is 2.29. The molecule has 4 rings (SSSR count). The van der Waals surface area contributed by atoms with Crippen molar-refractivity contribution in [2.45, 2.75) is 20.5 Å². The molecule has 0 aliphatic carbocycles. The van der Waals surface area contributed by atoms with Crippen LogP contribution in [-0.2, 0) is 16.1 Å². The van der Waals surface area contributed by atoms with Gasteiger partial charge in [-0.05, 0) is 67.9 Å². The van der Waals surface area contributed by atoms with Gasteiger partial charge in [0.15, 0.2) is 0 Å². The first kappa shape index (κ1) is 22.1. The Morgan fingerprint density at radius 2 is 1.48 bits per heavy atom. The van der Waals surface area contributed by atoms with E-state index in [2.05, 4.69) is 0 Å². The number of fused-ring (bicyclic) bond motifs is 1. The van der Waals surface area contributed by atoms with Crippen LogP contribution in [0.3, 0.4) is 0 Å². The Bertz CT molecular complexity index is 1260. The molecule has 168 valence electrons. The second-order valence-electron chi connectivity index (χ2n) is 7.35. The van der Waals surface area contributed by atoms with Crippen LogP contribution in [-0.4, -0.2) is 29.7 Å². The summed E-state index contributed by atoms with van der Waals surface area (Å²) in [5, 5.41) is 0.845. The van der Waals surface area contributed by atoms with E-state index >= 15 is 0 Å². The summed E-state index contributed by atoms with van der Waals surface area (Å²) in [7, 11) is 0. The highest BCUT2D eigenvalue weighted by atomic mass is 16.5. The fourth-order valence-corrected chi connectivity index (χ4v) is 3.62. The molecule has 0 saturated heterocycles. The molecule has 0 aliphatic heterocycles. The van der Waals surface area contributed by atoms with E-state index in [0.717, 1.165) is 22.2 Å². The first-order valence-corrected chi connectivity index (χ1v) is 10.9. The van der Waals surface area contributed by atoms with E-state index in [-0.39, 0.29) is 12.6 Å². The van der Waals surface area contributed by atoms with Gasteiger partial charge in [-0.25, -0.2) is 9.59 Å². The third-order valence-electron chi connectivity index (χ3n) is 5.14. The molecule has 0 atom stereocenters. The lowest BCUT2D eigenvalue weighted by atomic mass is 10.2. The van der Waals surface area contributed by atoms with Crippen LogP contribution in [0.4, 0.5) is 0 Å². The minimum absolute atomic E-state index is 0.271. The van der Waals surface area contributed by atoms with Crippen LogP contribution in [0.15, 0.2) is 78.9 Å². The number of hydrogen-bond donors (Lipinski definition) is 0. The minimum Gasteiger partial charge on any atom is -0.489 e. The highest BCUT2D eigenvalue weighted by Gasteiger charge is 2.19. The predicted octanol–water partition coefficient (Wildman–Crippen LogP) is 5.56. The summed E-state index contributed by atoms with van der Waals surface area (Å²) >= 11 is 0. The summed E-state index contributed by atoms with van der Waals surface area (Å²) in [5.74, 6) is -0.0984. The minimum atomic E-state index is -0.421. The van der Waals surface area contributed by atoms with Crippen molar-refractivity contribution in [3.63, 3.8) is 0 Å². The molecule has 1 heterocycles. The van der Waals surface area contributed by atoms with Gasteiger partial charge in [-0.1, -0.05) is 30.3 Å². The second kappa shape index (κ2) is 10.0. The molecule has 6 heteroatoms. The van der Waals surface area contributed by atoms with E-state index in [1.807, 2.05) is 53.1 Å². The number of carbonyl (C=O) groups is 2. The van der Waals surface area contributed by atoms with Gasteiger partial charge in [-0.15, -0.1) is 0 Å². The molecule has 0 amide bonds. The van der Waals surface area contributed by atoms with Gasteiger partial charge in [0, 0.05) is 11.1 Å². The fourth-order valence-electron chi connectivity index (χ4n) is 3.62. The van der Waals surface area contributed by atoms with Crippen LogP contribution < -0.4 is 4.74 Å². The molecule has 1 aromatic heterocycles. The van der Waals surface area contributed by atoms with Crippen molar-refractivity contribution in [3.05, 3.63) is 95.7 Å². The number of rotatable bonds is 8. The molecule has 33 heavy (non-hydrogen) atoms. The van der Waals surface area contributed by atoms with Crippen LogP contribution in [0, 0.1) is 0 Å². The van der Waals surface area contributed by atoms with Gasteiger partial charge in [0.25, 0.3) is 0 Å². The molecular weight excluding hydrogens is 418 g/mol. The van der Waals surface area contributed by atoms with Crippen LogP contribution >= 0.6 is 0 Å². The SMILES string of the molecule is CCOC(=O)c1ccc(-n2c(C(=O)OCC)cc3cc(OCc4ccccc4)ccc32)cc1. The number of aromatic nitrogens is 1. The van der Waals surface area contributed by atoms with Crippen molar-refractivity contribution in [2.24, 2.45) is 0 Å². The number of benzene rings is 3. The highest BCUT2D eigenvalue weighted by molar-refractivity contribution is 5.97. The smallest absolute Gasteiger partial charge is 0.355 e. The van der Waals surface area contributed by atoms with Crippen molar-refractivity contribution in [2.75, 3.05) is 13.2 Å². The molecule has 0 aliphatic rings. The van der Waals surface area contributed by atoms with Gasteiger partial charge in [0.1, 0.15) is 18.1 Å². The largest absolute Gasteiger partial charge is 0.489 e. The molecule has 0 unspecified atom stereocenters. The standard InChI is InChI=1S/C27H25NO5/c1-3-31-26(29)20-10-12-22(13-11-20)28-24-15-14-23(33-18-19-8-6-5-7-9-19)16-21(24)17-25(28)27(30)32-4-2/h5-17H,3-4,18H2,1-2H3. The number of esters is 2. The first-order valence-electron chi connectivity index (χ1n) is 10.9. The predicted molar refractivity (Wildman–Crippen MR) is 126 cm³/mol. The average Bonchev–Trinajstić information content (AvgIpc) is 3.23. The summed E-state index contributed by atoms with van der Waals surface area (Å²) in [6, 6.07) is 24.4. The molecule has 0 fully saturated rings. The molecule has 0 radical (unpaired) electrons. The topological polar surface area (TPSA) is 66.8 Å². The Morgan fingerprint density at radius 1 is 0.788 bits per heavy atom. The molecule has 3 aromatic carbocycles. The maximum absolute atomic E-state index is 12.7. The summed E-state index contributed by atoms with van der Waals surface area (Å²) in [5.41, 5.74) is 3.49. The number of nitrogens with zero attached hydrogens (tertiary/aromatic N) is 1. The maximum Gasteiger partial charge on any atom is 0.355 e. The number of hydrogen-bond acceptors (Lipinski definition) is 5. The summed E-state index contributed by atoms with van der Waals surface area (Å²) < 4.78 is 18.1. The van der Waals surface area contributed by atoms with Gasteiger partial charge in [-0.2, -0.15) is 0 Å². The number of carbonyl (C=O) groups excluding carboxylic acids is 2. The lowest BCUT2D eigenvalue weighted by Gasteiger charge is -2.12. The molecule has 0 bridgehead atoms. The normalized spacial score (nSPS) is 10.7. The summed E-state index contributed by atoms with van der Waals surface area (Å²) in [6.07, 6.45) is 0. The van der Waals surface area contributed by atoms with Crippen LogP contribution in [0.5, 0.6) is 5.75 Å². The Balaban J connectivity index is 1.70. The van der Waals surface area contributed by atoms with E-state index in [4.69, 9.17) is 14.2 Å². The van der Waals surface area contributed by atoms with Crippen LogP contribution in [0.25, 0.3) is 16.6 Å². The van der Waals surface area contributed by atoms with Crippen molar-refractivity contribution in [3.8, 4) is 11.4 Å². The Kier molecular flexibility index (Phi) is 6.74. The van der Waals surface area contributed by atoms with Gasteiger partial charge < -0.3 is 18.8 Å². The van der Waals surface area contributed by atoms with Crippen LogP contribution in [0.2, 0.25) is 0 Å². The molecule has 6 nitrogen and oxygen atoms in total. The lowest BCUT2D eigenvalue weighted by Crippen LogP contribution is -2.11. The zero-order chi connectivity index (χ0) is 23.2. The van der Waals surface area contributed by atoms with E-state index in [9.17, 15) is 9.59 Å². The van der Waals surface area contributed by atoms with Crippen LogP contribution in [0.1, 0.15) is 40.3 Å². The van der Waals surface area contributed by atoms with E-state index in [0.29, 0.717) is 30.2 Å². The van der Waals surface area contributed by atoms with E-state index < -0.39 is 5.97 Å². The monoisotopic (exact) mass is 443 g/mol. The van der Waals surface area contributed by atoms with Crippen molar-refractivity contribution in [1.82, 2.24) is 4.57 Å². The van der Waals surface area contributed by atoms with Gasteiger partial charge in [0.2, 0.25) is 0 Å². The Morgan fingerprint density at radius 3 is 2.18 bits per heavy atom. The fraction of sp³-hybridized carbons (Fsp3) is 0.185. The number of ether oxygens (including phenoxy) is 3. The molecule has 0 spiro atoms. The van der Waals surface area contributed by atoms with Gasteiger partial charge >= 0.3 is 11.9 Å². The summed E-state index contributed by atoms with van der Waals surface area (Å²) in [4.78, 5) is 24.7. The van der Waals surface area contributed by atoms with Crippen molar-refractivity contribution in [1.29, 1.82) is 0 Å². The van der Waals surface area contributed by atoms with Crippen molar-refractivity contribution >= 4 is 22.8 Å². The van der Waals surface area contributed by atoms with Gasteiger partial charge in [-0.3, -0.25) is 0 Å². The third-order valence-corrected chi connectivity index (χ3v) is 5.14. The van der Waals surface area contributed by atoms with Gasteiger partial charge in [0.05, 0.1) is 24.3 Å². The molecular formula is C27H25NO5. The van der Waals surface area contributed by atoms with Crippen molar-refractivity contribution < 1.29 is 23.8 Å². The second-order valence-corrected chi connectivity index (χ2v) is 7.35. The Hall–Kier alpha value is -4.06. The van der Waals surface area contributed by atoms with E-state index in [1.165, 1.54) is 0 Å². The lowest BCUT2D eigenvalue weighted by molar-refractivity contribution is 0.0510. The zero-order valence-corrected chi connectivity index (χ0v) is 18.6. The average molecular weight is 443 g/mol. The quantitative estimate of drug-likeness (QED) is 0.334. The maximum atomic E-state index is 12.7.